The van der Waals surface area contributed by atoms with Gasteiger partial charge in [0.25, 0.3) is 0 Å². The molecule has 3 rings (SSSR count). The van der Waals surface area contributed by atoms with Crippen molar-refractivity contribution in [2.24, 2.45) is 0 Å². The standard InChI is InChI=1S/C26H32O6/c1-15(6-5-11-26(3,4)31)7-9-19-18(10-8-16(2)25(19)30)22-14-21(29)24-20(28)12-17(27)13-23(24)32-22/h7-8,10,12-13,22,27-28,30-31H,5-6,9,11,14H2,1-4H3/b15-7+/t22-/m0/s1. The summed E-state index contributed by atoms with van der Waals surface area (Å²) in [4.78, 5) is 12.7. The van der Waals surface area contributed by atoms with Crippen molar-refractivity contribution < 1.29 is 30.0 Å². The number of ether oxygens (including phenoxy) is 1. The molecule has 2 aromatic rings. The second-order valence-corrected chi connectivity index (χ2v) is 9.29. The summed E-state index contributed by atoms with van der Waals surface area (Å²) in [5.41, 5.74) is 2.66. The number of hydrogen-bond acceptors (Lipinski definition) is 6. The number of phenols is 3. The third kappa shape index (κ3) is 5.43. The van der Waals surface area contributed by atoms with E-state index in [0.29, 0.717) is 24.0 Å². The number of rotatable bonds is 7. The van der Waals surface area contributed by atoms with E-state index in [0.717, 1.165) is 30.0 Å². The predicted octanol–water partition coefficient (Wildman–Crippen LogP) is 5.25. The first-order valence-electron chi connectivity index (χ1n) is 10.9. The van der Waals surface area contributed by atoms with Gasteiger partial charge in [0.15, 0.2) is 5.78 Å². The topological polar surface area (TPSA) is 107 Å². The van der Waals surface area contributed by atoms with Crippen molar-refractivity contribution in [1.29, 1.82) is 0 Å². The molecule has 1 heterocycles. The highest BCUT2D eigenvalue weighted by Gasteiger charge is 2.32. The molecule has 1 aliphatic heterocycles. The van der Waals surface area contributed by atoms with Crippen LogP contribution in [0.15, 0.2) is 35.9 Å². The number of carbonyl (C=O) groups excluding carboxylic acids is 1. The zero-order chi connectivity index (χ0) is 23.6. The molecule has 0 radical (unpaired) electrons. The number of allylic oxidation sites excluding steroid dienone is 2. The highest BCUT2D eigenvalue weighted by molar-refractivity contribution is 6.02. The molecule has 2 aromatic carbocycles. The van der Waals surface area contributed by atoms with Crippen LogP contribution in [0.3, 0.4) is 0 Å². The van der Waals surface area contributed by atoms with Crippen LogP contribution in [0.5, 0.6) is 23.0 Å². The van der Waals surface area contributed by atoms with Crippen LogP contribution < -0.4 is 4.74 Å². The third-order valence-corrected chi connectivity index (χ3v) is 5.87. The second-order valence-electron chi connectivity index (χ2n) is 9.29. The van der Waals surface area contributed by atoms with E-state index in [1.807, 2.05) is 19.9 Å². The van der Waals surface area contributed by atoms with Crippen molar-refractivity contribution >= 4 is 5.78 Å². The molecule has 0 bridgehead atoms. The summed E-state index contributed by atoms with van der Waals surface area (Å²) in [5.74, 6) is -0.471. The van der Waals surface area contributed by atoms with Gasteiger partial charge in [0.05, 0.1) is 12.0 Å². The maximum absolute atomic E-state index is 12.7. The van der Waals surface area contributed by atoms with Crippen LogP contribution in [-0.2, 0) is 6.42 Å². The van der Waals surface area contributed by atoms with Crippen LogP contribution >= 0.6 is 0 Å². The molecule has 4 N–H and O–H groups in total. The van der Waals surface area contributed by atoms with E-state index in [9.17, 15) is 25.2 Å². The first-order chi connectivity index (χ1) is 15.0. The van der Waals surface area contributed by atoms with Crippen LogP contribution in [0.2, 0.25) is 0 Å². The number of phenolic OH excluding ortho intramolecular Hbond substituents is 3. The predicted molar refractivity (Wildman–Crippen MR) is 123 cm³/mol. The summed E-state index contributed by atoms with van der Waals surface area (Å²) in [6, 6.07) is 6.08. The SMILES string of the molecule is C/C(=C\Cc1c([C@@H]2CC(=O)c3c(O)cc(O)cc3O2)ccc(C)c1O)CCCC(C)(C)O. The Kier molecular flexibility index (Phi) is 6.84. The molecule has 1 aliphatic rings. The number of aromatic hydroxyl groups is 3. The fourth-order valence-corrected chi connectivity index (χ4v) is 4.06. The van der Waals surface area contributed by atoms with Gasteiger partial charge in [-0.3, -0.25) is 4.79 Å². The lowest BCUT2D eigenvalue weighted by atomic mass is 9.90. The first kappa shape index (κ1) is 23.7. The number of benzene rings is 2. The summed E-state index contributed by atoms with van der Waals surface area (Å²) >= 11 is 0. The third-order valence-electron chi connectivity index (χ3n) is 5.87. The quantitative estimate of drug-likeness (QED) is 0.438. The maximum atomic E-state index is 12.7. The van der Waals surface area contributed by atoms with Gasteiger partial charge >= 0.3 is 0 Å². The Morgan fingerprint density at radius 2 is 1.94 bits per heavy atom. The van der Waals surface area contributed by atoms with Gasteiger partial charge in [0.1, 0.15) is 34.7 Å². The minimum Gasteiger partial charge on any atom is -0.508 e. The first-order valence-corrected chi connectivity index (χ1v) is 10.9. The van der Waals surface area contributed by atoms with Crippen molar-refractivity contribution in [2.45, 2.75) is 71.5 Å². The molecular weight excluding hydrogens is 408 g/mol. The van der Waals surface area contributed by atoms with Gasteiger partial charge in [-0.25, -0.2) is 0 Å². The molecule has 0 unspecified atom stereocenters. The molecule has 172 valence electrons. The molecule has 0 amide bonds. The van der Waals surface area contributed by atoms with Gasteiger partial charge in [0.2, 0.25) is 0 Å². The fourth-order valence-electron chi connectivity index (χ4n) is 4.06. The Bertz CT molecular complexity index is 1050. The van der Waals surface area contributed by atoms with Crippen molar-refractivity contribution in [2.75, 3.05) is 0 Å². The highest BCUT2D eigenvalue weighted by Crippen LogP contribution is 2.43. The number of aryl methyl sites for hydroxylation is 1. The Morgan fingerprint density at radius 3 is 2.62 bits per heavy atom. The van der Waals surface area contributed by atoms with E-state index in [1.165, 1.54) is 6.07 Å². The molecule has 0 spiro atoms. The van der Waals surface area contributed by atoms with Gasteiger partial charge in [-0.05, 0) is 64.5 Å². The normalized spacial score (nSPS) is 16.6. The van der Waals surface area contributed by atoms with Gasteiger partial charge in [-0.1, -0.05) is 23.8 Å². The zero-order valence-corrected chi connectivity index (χ0v) is 19.1. The van der Waals surface area contributed by atoms with E-state index in [-0.39, 0.29) is 40.8 Å². The molecule has 32 heavy (non-hydrogen) atoms. The van der Waals surface area contributed by atoms with E-state index >= 15 is 0 Å². The average Bonchev–Trinajstić information content (AvgIpc) is 2.67. The molecular formula is C26H32O6. The number of ketones is 1. The molecule has 0 aromatic heterocycles. The van der Waals surface area contributed by atoms with Crippen LogP contribution in [0.25, 0.3) is 0 Å². The highest BCUT2D eigenvalue weighted by atomic mass is 16.5. The van der Waals surface area contributed by atoms with E-state index in [4.69, 9.17) is 4.74 Å². The fraction of sp³-hybridized carbons (Fsp3) is 0.423. The van der Waals surface area contributed by atoms with Crippen molar-refractivity contribution in [3.8, 4) is 23.0 Å². The summed E-state index contributed by atoms with van der Waals surface area (Å²) < 4.78 is 5.99. The van der Waals surface area contributed by atoms with Gasteiger partial charge in [-0.15, -0.1) is 0 Å². The van der Waals surface area contributed by atoms with Gasteiger partial charge in [0, 0.05) is 17.7 Å². The largest absolute Gasteiger partial charge is 0.508 e. The maximum Gasteiger partial charge on any atom is 0.174 e. The van der Waals surface area contributed by atoms with Crippen LogP contribution in [0.1, 0.15) is 79.6 Å². The zero-order valence-electron chi connectivity index (χ0n) is 19.1. The summed E-state index contributed by atoms with van der Waals surface area (Å²) in [5, 5.41) is 40.5. The Labute approximate surface area is 188 Å². The van der Waals surface area contributed by atoms with Crippen molar-refractivity contribution in [3.63, 3.8) is 0 Å². The number of carbonyl (C=O) groups is 1. The summed E-state index contributed by atoms with van der Waals surface area (Å²) in [6.07, 6.45) is 4.33. The molecule has 1 atom stereocenters. The lowest BCUT2D eigenvalue weighted by Crippen LogP contribution is -2.21. The van der Waals surface area contributed by atoms with Crippen LogP contribution in [0.4, 0.5) is 0 Å². The van der Waals surface area contributed by atoms with Gasteiger partial charge < -0.3 is 25.2 Å². The lowest BCUT2D eigenvalue weighted by molar-refractivity contribution is 0.0689. The van der Waals surface area contributed by atoms with Crippen molar-refractivity contribution in [3.05, 3.63) is 58.2 Å². The van der Waals surface area contributed by atoms with Crippen LogP contribution in [0, 0.1) is 6.92 Å². The molecule has 0 fully saturated rings. The Morgan fingerprint density at radius 1 is 1.22 bits per heavy atom. The second kappa shape index (κ2) is 9.25. The number of hydrogen-bond donors (Lipinski definition) is 4. The number of fused-ring (bicyclic) bond motifs is 1. The molecule has 0 saturated carbocycles. The number of aliphatic hydroxyl groups is 1. The van der Waals surface area contributed by atoms with E-state index in [1.54, 1.807) is 19.9 Å². The van der Waals surface area contributed by atoms with E-state index < -0.39 is 11.7 Å². The molecule has 0 saturated heterocycles. The van der Waals surface area contributed by atoms with E-state index in [2.05, 4.69) is 6.08 Å². The van der Waals surface area contributed by atoms with Gasteiger partial charge in [-0.2, -0.15) is 0 Å². The van der Waals surface area contributed by atoms with Crippen molar-refractivity contribution in [1.82, 2.24) is 0 Å². The minimum absolute atomic E-state index is 0.0229. The molecule has 6 heteroatoms. The Balaban J connectivity index is 1.86. The molecule has 0 aliphatic carbocycles. The average molecular weight is 441 g/mol. The number of Topliss-reactive ketones (excluding diaryl/α,β-unsaturated/α-hetero) is 1. The molecule has 6 nitrogen and oxygen atoms in total. The van der Waals surface area contributed by atoms with Crippen LogP contribution in [-0.4, -0.2) is 31.8 Å². The monoisotopic (exact) mass is 440 g/mol. The Hall–Kier alpha value is -2.99. The minimum atomic E-state index is -0.688. The smallest absolute Gasteiger partial charge is 0.174 e. The summed E-state index contributed by atoms with van der Waals surface area (Å²) in [6.45, 7) is 7.44. The summed E-state index contributed by atoms with van der Waals surface area (Å²) in [7, 11) is 0. The lowest BCUT2D eigenvalue weighted by Gasteiger charge is -2.28.